The van der Waals surface area contributed by atoms with Crippen LogP contribution in [-0.2, 0) is 6.54 Å². The molecular formula is C32H27FN6OS. The van der Waals surface area contributed by atoms with Gasteiger partial charge in [-0.25, -0.2) is 14.4 Å². The highest BCUT2D eigenvalue weighted by Gasteiger charge is 2.16. The number of nitrogens with zero attached hydrogens (tertiary/aromatic N) is 4. The fourth-order valence-corrected chi connectivity index (χ4v) is 5.45. The lowest BCUT2D eigenvalue weighted by Gasteiger charge is -2.13. The molecule has 3 aromatic heterocycles. The average molecular weight is 563 g/mol. The first-order valence-corrected chi connectivity index (χ1v) is 14.5. The largest absolute Gasteiger partial charge is 0.459 e. The van der Waals surface area contributed by atoms with Crippen molar-refractivity contribution in [2.75, 3.05) is 23.9 Å². The molecule has 0 fully saturated rings. The van der Waals surface area contributed by atoms with Crippen molar-refractivity contribution in [1.29, 1.82) is 0 Å². The van der Waals surface area contributed by atoms with Crippen molar-refractivity contribution in [1.82, 2.24) is 25.1 Å². The van der Waals surface area contributed by atoms with Crippen LogP contribution in [0, 0.1) is 18.2 Å². The van der Waals surface area contributed by atoms with Crippen LogP contribution in [0.5, 0.6) is 0 Å². The summed E-state index contributed by atoms with van der Waals surface area (Å²) >= 11 is 1.73. The lowest BCUT2D eigenvalue weighted by atomic mass is 10.1. The Labute approximate surface area is 241 Å². The zero-order chi connectivity index (χ0) is 28.2. The maximum absolute atomic E-state index is 13.6. The lowest BCUT2D eigenvalue weighted by Crippen LogP contribution is -2.23. The number of nitrogens with one attached hydrogen (secondary N) is 2. The number of hydrogen-bond acceptors (Lipinski definition) is 7. The fraction of sp³-hybridized carbons (Fsp3) is 0.156. The average Bonchev–Trinajstić information content (AvgIpc) is 3.63. The van der Waals surface area contributed by atoms with Gasteiger partial charge in [-0.3, -0.25) is 10.00 Å². The Balaban J connectivity index is 1.26. The van der Waals surface area contributed by atoms with Gasteiger partial charge in [0.1, 0.15) is 29.5 Å². The Kier molecular flexibility index (Phi) is 7.67. The number of halogens is 1. The number of benzene rings is 3. The van der Waals surface area contributed by atoms with E-state index in [0.717, 1.165) is 55.9 Å². The van der Waals surface area contributed by atoms with Crippen LogP contribution in [0.15, 0.2) is 89.7 Å². The van der Waals surface area contributed by atoms with Gasteiger partial charge < -0.3 is 9.73 Å². The minimum atomic E-state index is -0.255. The SMILES string of the molecule is C#CCNC(CSC)c1ccc(-c2ccc3ncnc(Nc4ccc5c(cnn5Cc5cccc(F)c5)c4)c3c2)o1. The second-order valence-electron chi connectivity index (χ2n) is 9.58. The van der Waals surface area contributed by atoms with Crippen LogP contribution in [-0.4, -0.2) is 38.3 Å². The molecule has 41 heavy (non-hydrogen) atoms. The molecular weight excluding hydrogens is 535 g/mol. The van der Waals surface area contributed by atoms with Crippen molar-refractivity contribution in [2.24, 2.45) is 0 Å². The van der Waals surface area contributed by atoms with E-state index in [-0.39, 0.29) is 11.9 Å². The van der Waals surface area contributed by atoms with Crippen molar-refractivity contribution < 1.29 is 8.81 Å². The summed E-state index contributed by atoms with van der Waals surface area (Å²) in [6.07, 6.45) is 10.9. The first-order valence-electron chi connectivity index (χ1n) is 13.1. The van der Waals surface area contributed by atoms with E-state index in [9.17, 15) is 4.39 Å². The van der Waals surface area contributed by atoms with Crippen LogP contribution in [0.1, 0.15) is 17.4 Å². The molecule has 0 bridgehead atoms. The summed E-state index contributed by atoms with van der Waals surface area (Å²) < 4.78 is 21.8. The van der Waals surface area contributed by atoms with E-state index in [4.69, 9.17) is 10.8 Å². The van der Waals surface area contributed by atoms with Gasteiger partial charge in [0, 0.05) is 27.8 Å². The maximum Gasteiger partial charge on any atom is 0.141 e. The number of aromatic nitrogens is 4. The van der Waals surface area contributed by atoms with E-state index >= 15 is 0 Å². The van der Waals surface area contributed by atoms with Crippen molar-refractivity contribution in [3.63, 3.8) is 0 Å². The zero-order valence-corrected chi connectivity index (χ0v) is 23.2. The third-order valence-corrected chi connectivity index (χ3v) is 7.47. The number of hydrogen-bond donors (Lipinski definition) is 2. The smallest absolute Gasteiger partial charge is 0.141 e. The maximum atomic E-state index is 13.6. The Morgan fingerprint density at radius 3 is 2.85 bits per heavy atom. The summed E-state index contributed by atoms with van der Waals surface area (Å²) in [5.41, 5.74) is 4.43. The van der Waals surface area contributed by atoms with Crippen molar-refractivity contribution in [3.8, 4) is 23.7 Å². The summed E-state index contributed by atoms with van der Waals surface area (Å²) in [6, 6.07) is 22.6. The Morgan fingerprint density at radius 2 is 2.00 bits per heavy atom. The summed E-state index contributed by atoms with van der Waals surface area (Å²) in [5, 5.41) is 13.1. The summed E-state index contributed by atoms with van der Waals surface area (Å²) in [5.74, 6) is 5.52. The predicted octanol–water partition coefficient (Wildman–Crippen LogP) is 6.80. The van der Waals surface area contributed by atoms with Crippen molar-refractivity contribution in [3.05, 3.63) is 102 Å². The van der Waals surface area contributed by atoms with E-state index in [0.29, 0.717) is 18.9 Å². The van der Waals surface area contributed by atoms with Gasteiger partial charge in [-0.2, -0.15) is 16.9 Å². The predicted molar refractivity (Wildman–Crippen MR) is 164 cm³/mol. The molecule has 0 amide bonds. The molecule has 204 valence electrons. The molecule has 0 saturated heterocycles. The summed E-state index contributed by atoms with van der Waals surface area (Å²) in [7, 11) is 0. The standard InChI is InChI=1S/C32H27FN6OS/c1-3-13-34-28(19-41-2)31-12-11-30(40-31)22-7-9-27-26(16-22)32(36-20-35-27)38-25-8-10-29-23(15-25)17-37-39(29)18-21-5-4-6-24(33)14-21/h1,4-12,14-17,20,28,34H,13,18-19H2,2H3,(H,35,36,38). The molecule has 2 N–H and O–H groups in total. The minimum Gasteiger partial charge on any atom is -0.459 e. The van der Waals surface area contributed by atoms with Crippen LogP contribution in [0.3, 0.4) is 0 Å². The number of thioether (sulfide) groups is 1. The highest BCUT2D eigenvalue weighted by atomic mass is 32.2. The van der Waals surface area contributed by atoms with Gasteiger partial charge in [0.05, 0.1) is 36.4 Å². The lowest BCUT2D eigenvalue weighted by molar-refractivity contribution is 0.455. The molecule has 0 spiro atoms. The van der Waals surface area contributed by atoms with Gasteiger partial charge in [0.2, 0.25) is 0 Å². The number of furan rings is 1. The van der Waals surface area contributed by atoms with Gasteiger partial charge >= 0.3 is 0 Å². The van der Waals surface area contributed by atoms with Gasteiger partial charge in [-0.15, -0.1) is 6.42 Å². The van der Waals surface area contributed by atoms with Gasteiger partial charge in [0.25, 0.3) is 0 Å². The molecule has 0 radical (unpaired) electrons. The Hall–Kier alpha value is -4.65. The van der Waals surface area contributed by atoms with E-state index in [1.807, 2.05) is 65.5 Å². The van der Waals surface area contributed by atoms with E-state index < -0.39 is 0 Å². The number of terminal acetylenes is 1. The molecule has 6 aromatic rings. The molecule has 0 aliphatic carbocycles. The molecule has 1 unspecified atom stereocenters. The van der Waals surface area contributed by atoms with E-state index in [2.05, 4.69) is 37.9 Å². The van der Waals surface area contributed by atoms with E-state index in [1.54, 1.807) is 24.2 Å². The summed E-state index contributed by atoms with van der Waals surface area (Å²) in [4.78, 5) is 8.99. The van der Waals surface area contributed by atoms with Crippen LogP contribution in [0.25, 0.3) is 33.1 Å². The third-order valence-electron chi connectivity index (χ3n) is 6.80. The highest BCUT2D eigenvalue weighted by Crippen LogP contribution is 2.32. The molecule has 3 heterocycles. The molecule has 0 aliphatic rings. The quantitative estimate of drug-likeness (QED) is 0.178. The first kappa shape index (κ1) is 26.6. The molecule has 0 aliphatic heterocycles. The van der Waals surface area contributed by atoms with Crippen LogP contribution in [0.4, 0.5) is 15.9 Å². The molecule has 1 atom stereocenters. The topological polar surface area (TPSA) is 80.8 Å². The monoisotopic (exact) mass is 562 g/mol. The van der Waals surface area contributed by atoms with Crippen LogP contribution < -0.4 is 10.6 Å². The Morgan fingerprint density at radius 1 is 1.07 bits per heavy atom. The second kappa shape index (κ2) is 11.8. The van der Waals surface area contributed by atoms with Gasteiger partial charge in [-0.05, 0) is 72.5 Å². The summed E-state index contributed by atoms with van der Waals surface area (Å²) in [6.45, 7) is 0.961. The Bertz CT molecular complexity index is 1870. The van der Waals surface area contributed by atoms with E-state index in [1.165, 1.54) is 12.1 Å². The molecule has 6 rings (SSSR count). The fourth-order valence-electron chi connectivity index (χ4n) is 4.83. The third kappa shape index (κ3) is 5.80. The van der Waals surface area contributed by atoms with Crippen molar-refractivity contribution >= 4 is 45.1 Å². The molecule has 0 saturated carbocycles. The van der Waals surface area contributed by atoms with Gasteiger partial charge in [0.15, 0.2) is 0 Å². The molecule has 7 nitrogen and oxygen atoms in total. The minimum absolute atomic E-state index is 0.0314. The number of fused-ring (bicyclic) bond motifs is 2. The molecule has 3 aromatic carbocycles. The number of anilines is 2. The van der Waals surface area contributed by atoms with Crippen molar-refractivity contribution in [2.45, 2.75) is 12.6 Å². The van der Waals surface area contributed by atoms with Crippen LogP contribution in [0.2, 0.25) is 0 Å². The highest BCUT2D eigenvalue weighted by molar-refractivity contribution is 7.98. The second-order valence-corrected chi connectivity index (χ2v) is 10.5. The number of rotatable bonds is 10. The van der Waals surface area contributed by atoms with Gasteiger partial charge in [-0.1, -0.05) is 18.1 Å². The zero-order valence-electron chi connectivity index (χ0n) is 22.3. The molecule has 9 heteroatoms. The normalized spacial score (nSPS) is 12.0. The van der Waals surface area contributed by atoms with Crippen LogP contribution >= 0.6 is 11.8 Å². The first-order chi connectivity index (χ1) is 20.1.